The summed E-state index contributed by atoms with van der Waals surface area (Å²) >= 11 is 0. The van der Waals surface area contributed by atoms with Crippen molar-refractivity contribution in [3.05, 3.63) is 36.8 Å². The number of ether oxygens (including phenoxy) is 1. The van der Waals surface area contributed by atoms with Crippen LogP contribution in [-0.4, -0.2) is 61.0 Å². The van der Waals surface area contributed by atoms with E-state index in [1.807, 2.05) is 12.3 Å². The van der Waals surface area contributed by atoms with Crippen molar-refractivity contribution < 1.29 is 13.2 Å². The first-order chi connectivity index (χ1) is 13.0. The third-order valence-electron chi connectivity index (χ3n) is 4.71. The Bertz CT molecular complexity index is 1070. The number of aromatic amines is 1. The fourth-order valence-corrected chi connectivity index (χ4v) is 4.80. The molecule has 4 rings (SSSR count). The molecular formula is C17H20N6O3S. The minimum atomic E-state index is -3.67. The average molecular weight is 388 g/mol. The molecule has 1 aliphatic rings. The van der Waals surface area contributed by atoms with E-state index in [1.165, 1.54) is 29.9 Å². The zero-order chi connectivity index (χ0) is 19.0. The van der Waals surface area contributed by atoms with Crippen molar-refractivity contribution >= 4 is 32.6 Å². The van der Waals surface area contributed by atoms with Gasteiger partial charge in [0.2, 0.25) is 10.0 Å². The zero-order valence-corrected chi connectivity index (χ0v) is 15.6. The van der Waals surface area contributed by atoms with E-state index in [-0.39, 0.29) is 10.6 Å². The summed E-state index contributed by atoms with van der Waals surface area (Å²) in [5, 5.41) is 0.924. The van der Waals surface area contributed by atoms with Crippen LogP contribution in [0, 0.1) is 0 Å². The van der Waals surface area contributed by atoms with Gasteiger partial charge in [0, 0.05) is 38.4 Å². The Balaban J connectivity index is 1.54. The third-order valence-corrected chi connectivity index (χ3v) is 6.68. The molecule has 1 aromatic carbocycles. The molecule has 0 bridgehead atoms. The van der Waals surface area contributed by atoms with Gasteiger partial charge in [0.15, 0.2) is 0 Å². The van der Waals surface area contributed by atoms with Gasteiger partial charge in [-0.15, -0.1) is 0 Å². The number of hydrogen-bond acceptors (Lipinski definition) is 7. The highest BCUT2D eigenvalue weighted by molar-refractivity contribution is 7.89. The molecule has 0 unspecified atom stereocenters. The number of benzene rings is 1. The molecule has 3 heterocycles. The Hall–Kier alpha value is -2.85. The Morgan fingerprint density at radius 3 is 2.63 bits per heavy atom. The lowest BCUT2D eigenvalue weighted by Gasteiger charge is -2.35. The number of aromatic nitrogens is 3. The van der Waals surface area contributed by atoms with Gasteiger partial charge < -0.3 is 20.4 Å². The summed E-state index contributed by atoms with van der Waals surface area (Å²) < 4.78 is 32.5. The first-order valence-corrected chi connectivity index (χ1v) is 9.91. The largest absolute Gasteiger partial charge is 0.497 e. The normalized spacial score (nSPS) is 16.0. The van der Waals surface area contributed by atoms with Gasteiger partial charge in [-0.05, 0) is 18.2 Å². The number of piperazine rings is 1. The first-order valence-electron chi connectivity index (χ1n) is 8.47. The van der Waals surface area contributed by atoms with Gasteiger partial charge in [-0.3, -0.25) is 0 Å². The summed E-state index contributed by atoms with van der Waals surface area (Å²) in [5.41, 5.74) is 6.89. The molecule has 142 valence electrons. The summed E-state index contributed by atoms with van der Waals surface area (Å²) in [6.07, 6.45) is 3.32. The van der Waals surface area contributed by atoms with Gasteiger partial charge in [0.25, 0.3) is 0 Å². The Labute approximate surface area is 156 Å². The fraction of sp³-hybridized carbons (Fsp3) is 0.294. The number of nitrogens with two attached hydrogens (primary N) is 1. The van der Waals surface area contributed by atoms with Crippen molar-refractivity contribution in [2.24, 2.45) is 0 Å². The second-order valence-electron chi connectivity index (χ2n) is 6.23. The van der Waals surface area contributed by atoms with Crippen molar-refractivity contribution in [2.45, 2.75) is 4.90 Å². The lowest BCUT2D eigenvalue weighted by molar-refractivity contribution is 0.384. The number of fused-ring (bicyclic) bond motifs is 1. The van der Waals surface area contributed by atoms with E-state index in [0.29, 0.717) is 31.9 Å². The van der Waals surface area contributed by atoms with Crippen LogP contribution in [0.1, 0.15) is 0 Å². The lowest BCUT2D eigenvalue weighted by Crippen LogP contribution is -2.49. The molecule has 10 heteroatoms. The molecule has 3 N–H and O–H groups in total. The molecule has 0 atom stereocenters. The van der Waals surface area contributed by atoms with Crippen LogP contribution in [0.15, 0.2) is 41.7 Å². The van der Waals surface area contributed by atoms with E-state index >= 15 is 0 Å². The van der Waals surface area contributed by atoms with E-state index in [1.54, 1.807) is 6.07 Å². The molecule has 0 spiro atoms. The van der Waals surface area contributed by atoms with Crippen molar-refractivity contribution in [3.8, 4) is 5.75 Å². The predicted octanol–water partition coefficient (Wildman–Crippen LogP) is 1.06. The van der Waals surface area contributed by atoms with Gasteiger partial charge in [0.1, 0.15) is 28.4 Å². The number of anilines is 2. The number of rotatable bonds is 4. The lowest BCUT2D eigenvalue weighted by atomic mass is 10.3. The Morgan fingerprint density at radius 2 is 1.93 bits per heavy atom. The van der Waals surface area contributed by atoms with Gasteiger partial charge >= 0.3 is 0 Å². The Kier molecular flexibility index (Phi) is 4.36. The number of nitrogens with one attached hydrogen (secondary N) is 1. The number of nitrogens with zero attached hydrogens (tertiary/aromatic N) is 4. The van der Waals surface area contributed by atoms with E-state index < -0.39 is 10.0 Å². The monoisotopic (exact) mass is 388 g/mol. The highest BCUT2D eigenvalue weighted by atomic mass is 32.2. The summed E-state index contributed by atoms with van der Waals surface area (Å²) in [7, 11) is -2.16. The molecule has 0 amide bonds. The molecule has 0 aliphatic carbocycles. The highest BCUT2D eigenvalue weighted by Crippen LogP contribution is 2.28. The van der Waals surface area contributed by atoms with Gasteiger partial charge in [0.05, 0.1) is 18.2 Å². The summed E-state index contributed by atoms with van der Waals surface area (Å²) in [4.78, 5) is 13.8. The van der Waals surface area contributed by atoms with Crippen LogP contribution in [-0.2, 0) is 10.0 Å². The minimum absolute atomic E-state index is 0.104. The molecule has 2 aromatic heterocycles. The molecule has 1 fully saturated rings. The van der Waals surface area contributed by atoms with Crippen LogP contribution in [0.4, 0.5) is 11.5 Å². The average Bonchev–Trinajstić information content (AvgIpc) is 3.16. The molecule has 3 aromatic rings. The predicted molar refractivity (Wildman–Crippen MR) is 102 cm³/mol. The van der Waals surface area contributed by atoms with Crippen LogP contribution in [0.2, 0.25) is 0 Å². The van der Waals surface area contributed by atoms with E-state index in [0.717, 1.165) is 16.9 Å². The molecule has 27 heavy (non-hydrogen) atoms. The molecule has 1 aliphatic heterocycles. The maximum atomic E-state index is 13.0. The number of H-pyrrole nitrogens is 1. The maximum Gasteiger partial charge on any atom is 0.245 e. The standard InChI is InChI=1S/C17H20N6O3S/c1-26-12-2-3-15(14(18)10-12)27(24,25)23-8-6-22(7-9-23)17-13-4-5-19-16(13)20-11-21-17/h2-5,10-11H,6-9,18H2,1H3,(H,19,20,21). The highest BCUT2D eigenvalue weighted by Gasteiger charge is 2.31. The third kappa shape index (κ3) is 3.06. The van der Waals surface area contributed by atoms with Gasteiger partial charge in [-0.2, -0.15) is 4.31 Å². The van der Waals surface area contributed by atoms with Crippen LogP contribution in [0.3, 0.4) is 0 Å². The summed E-state index contributed by atoms with van der Waals surface area (Å²) in [6, 6.07) is 6.53. The topological polar surface area (TPSA) is 117 Å². The van der Waals surface area contributed by atoms with Gasteiger partial charge in [-0.1, -0.05) is 0 Å². The second-order valence-corrected chi connectivity index (χ2v) is 8.14. The quantitative estimate of drug-likeness (QED) is 0.642. The summed E-state index contributed by atoms with van der Waals surface area (Å²) in [6.45, 7) is 1.77. The van der Waals surface area contributed by atoms with Crippen molar-refractivity contribution in [2.75, 3.05) is 43.9 Å². The number of sulfonamides is 1. The number of hydrogen-bond donors (Lipinski definition) is 2. The van der Waals surface area contributed by atoms with Crippen LogP contribution < -0.4 is 15.4 Å². The summed E-state index contributed by atoms with van der Waals surface area (Å²) in [5.74, 6) is 1.33. The van der Waals surface area contributed by atoms with Crippen molar-refractivity contribution in [3.63, 3.8) is 0 Å². The molecule has 9 nitrogen and oxygen atoms in total. The smallest absolute Gasteiger partial charge is 0.245 e. The minimum Gasteiger partial charge on any atom is -0.497 e. The Morgan fingerprint density at radius 1 is 1.15 bits per heavy atom. The van der Waals surface area contributed by atoms with Crippen molar-refractivity contribution in [1.29, 1.82) is 0 Å². The second kappa shape index (κ2) is 6.71. The SMILES string of the molecule is COc1ccc(S(=O)(=O)N2CCN(c3ncnc4[nH]ccc34)CC2)c(N)c1. The van der Waals surface area contributed by atoms with Gasteiger partial charge in [-0.25, -0.2) is 18.4 Å². The molecule has 0 saturated carbocycles. The van der Waals surface area contributed by atoms with E-state index in [4.69, 9.17) is 10.5 Å². The van der Waals surface area contributed by atoms with Crippen molar-refractivity contribution in [1.82, 2.24) is 19.3 Å². The van der Waals surface area contributed by atoms with Crippen LogP contribution in [0.25, 0.3) is 11.0 Å². The first kappa shape index (κ1) is 17.6. The van der Waals surface area contributed by atoms with Crippen LogP contribution in [0.5, 0.6) is 5.75 Å². The van der Waals surface area contributed by atoms with E-state index in [2.05, 4.69) is 19.9 Å². The fourth-order valence-electron chi connectivity index (χ4n) is 3.28. The van der Waals surface area contributed by atoms with E-state index in [9.17, 15) is 8.42 Å². The number of methoxy groups -OCH3 is 1. The number of nitrogen functional groups attached to an aromatic ring is 1. The van der Waals surface area contributed by atoms with Crippen LogP contribution >= 0.6 is 0 Å². The zero-order valence-electron chi connectivity index (χ0n) is 14.8. The molecule has 1 saturated heterocycles. The molecular weight excluding hydrogens is 368 g/mol. The molecule has 0 radical (unpaired) electrons. The maximum absolute atomic E-state index is 13.0.